The Morgan fingerprint density at radius 2 is 1.59 bits per heavy atom. The topological polar surface area (TPSA) is 64.6 Å². The first-order chi connectivity index (χ1) is 10.7. The van der Waals surface area contributed by atoms with Crippen LogP contribution in [-0.4, -0.2) is 19.2 Å². The van der Waals surface area contributed by atoms with E-state index in [9.17, 15) is 9.59 Å². The molecule has 0 aromatic heterocycles. The van der Waals surface area contributed by atoms with E-state index in [-0.39, 0.29) is 6.61 Å². The number of nitrogens with one attached hydrogen (secondary N) is 1. The van der Waals surface area contributed by atoms with E-state index >= 15 is 0 Å². The second-order valence-corrected chi connectivity index (χ2v) is 4.57. The van der Waals surface area contributed by atoms with E-state index in [0.717, 1.165) is 5.56 Å². The van der Waals surface area contributed by atoms with Crippen molar-refractivity contribution < 1.29 is 19.1 Å². The first-order valence-corrected chi connectivity index (χ1v) is 6.80. The van der Waals surface area contributed by atoms with Crippen molar-refractivity contribution in [1.29, 1.82) is 0 Å². The van der Waals surface area contributed by atoms with Gasteiger partial charge in [0.2, 0.25) is 0 Å². The SMILES string of the molecule is COC(=O)[C@H](NC(=O)OCc1ccccc1)c1ccccc1. The van der Waals surface area contributed by atoms with Crippen LogP contribution in [0.1, 0.15) is 17.2 Å². The molecule has 22 heavy (non-hydrogen) atoms. The van der Waals surface area contributed by atoms with Crippen molar-refractivity contribution >= 4 is 12.1 Å². The summed E-state index contributed by atoms with van der Waals surface area (Å²) in [5.41, 5.74) is 1.50. The predicted octanol–water partition coefficient (Wildman–Crippen LogP) is 2.83. The van der Waals surface area contributed by atoms with Gasteiger partial charge >= 0.3 is 12.1 Å². The number of carbonyl (C=O) groups is 2. The molecule has 0 aliphatic carbocycles. The van der Waals surface area contributed by atoms with Crippen LogP contribution in [0.25, 0.3) is 0 Å². The third kappa shape index (κ3) is 4.34. The summed E-state index contributed by atoms with van der Waals surface area (Å²) in [5.74, 6) is -0.553. The Balaban J connectivity index is 1.98. The normalized spacial score (nSPS) is 11.3. The minimum absolute atomic E-state index is 0.134. The number of rotatable bonds is 5. The lowest BCUT2D eigenvalue weighted by Gasteiger charge is -2.16. The average molecular weight is 299 g/mol. The number of esters is 1. The molecular formula is C17H17NO4. The summed E-state index contributed by atoms with van der Waals surface area (Å²) in [6.45, 7) is 0.134. The molecule has 0 saturated carbocycles. The lowest BCUT2D eigenvalue weighted by Crippen LogP contribution is -2.34. The highest BCUT2D eigenvalue weighted by molar-refractivity contribution is 5.82. The van der Waals surface area contributed by atoms with Crippen molar-refractivity contribution in [2.24, 2.45) is 0 Å². The van der Waals surface area contributed by atoms with Gasteiger partial charge in [0.05, 0.1) is 7.11 Å². The third-order valence-electron chi connectivity index (χ3n) is 3.04. The van der Waals surface area contributed by atoms with Gasteiger partial charge in [0.15, 0.2) is 6.04 Å². The minimum atomic E-state index is -0.894. The van der Waals surface area contributed by atoms with Crippen molar-refractivity contribution in [1.82, 2.24) is 5.32 Å². The molecule has 0 heterocycles. The van der Waals surface area contributed by atoms with Crippen molar-refractivity contribution in [2.45, 2.75) is 12.6 Å². The Bertz CT molecular complexity index is 613. The third-order valence-corrected chi connectivity index (χ3v) is 3.04. The molecule has 2 aromatic carbocycles. The molecule has 0 aliphatic rings. The summed E-state index contributed by atoms with van der Waals surface area (Å²) in [6, 6.07) is 17.3. The quantitative estimate of drug-likeness (QED) is 0.862. The number of ether oxygens (including phenoxy) is 2. The maximum atomic E-state index is 11.9. The van der Waals surface area contributed by atoms with Gasteiger partial charge in [-0.1, -0.05) is 60.7 Å². The van der Waals surface area contributed by atoms with Gasteiger partial charge in [-0.3, -0.25) is 0 Å². The fraction of sp³-hybridized carbons (Fsp3) is 0.176. The fourth-order valence-corrected chi connectivity index (χ4v) is 1.92. The van der Waals surface area contributed by atoms with E-state index in [4.69, 9.17) is 9.47 Å². The Hall–Kier alpha value is -2.82. The smallest absolute Gasteiger partial charge is 0.408 e. The molecule has 0 saturated heterocycles. The number of hydrogen-bond donors (Lipinski definition) is 1. The standard InChI is InChI=1S/C17H17NO4/c1-21-16(19)15(14-10-6-3-7-11-14)18-17(20)22-12-13-8-4-2-5-9-13/h2-11,15H,12H2,1H3,(H,18,20)/t15-/m1/s1. The minimum Gasteiger partial charge on any atom is -0.467 e. The van der Waals surface area contributed by atoms with E-state index in [0.29, 0.717) is 5.56 Å². The van der Waals surface area contributed by atoms with Crippen LogP contribution in [0.15, 0.2) is 60.7 Å². The van der Waals surface area contributed by atoms with Crippen LogP contribution in [-0.2, 0) is 20.9 Å². The van der Waals surface area contributed by atoms with E-state index in [1.807, 2.05) is 36.4 Å². The van der Waals surface area contributed by atoms with Crippen LogP contribution >= 0.6 is 0 Å². The van der Waals surface area contributed by atoms with Crippen molar-refractivity contribution in [3.63, 3.8) is 0 Å². The predicted molar refractivity (Wildman–Crippen MR) is 81.0 cm³/mol. The average Bonchev–Trinajstić information content (AvgIpc) is 2.59. The number of amides is 1. The molecule has 5 heteroatoms. The Morgan fingerprint density at radius 1 is 1.00 bits per heavy atom. The molecule has 1 N–H and O–H groups in total. The number of hydrogen-bond acceptors (Lipinski definition) is 4. The van der Waals surface area contributed by atoms with E-state index in [1.165, 1.54) is 7.11 Å². The maximum Gasteiger partial charge on any atom is 0.408 e. The van der Waals surface area contributed by atoms with Gasteiger partial charge in [0, 0.05) is 0 Å². The molecule has 0 bridgehead atoms. The molecule has 2 aromatic rings. The first-order valence-electron chi connectivity index (χ1n) is 6.80. The Morgan fingerprint density at radius 3 is 2.18 bits per heavy atom. The molecule has 0 spiro atoms. The summed E-state index contributed by atoms with van der Waals surface area (Å²) in [4.78, 5) is 23.7. The molecule has 114 valence electrons. The summed E-state index contributed by atoms with van der Waals surface area (Å²) in [7, 11) is 1.27. The van der Waals surface area contributed by atoms with Gasteiger partial charge in [0.1, 0.15) is 6.61 Å². The molecule has 0 unspecified atom stereocenters. The molecule has 1 atom stereocenters. The van der Waals surface area contributed by atoms with Crippen LogP contribution < -0.4 is 5.32 Å². The van der Waals surface area contributed by atoms with Gasteiger partial charge in [-0.15, -0.1) is 0 Å². The largest absolute Gasteiger partial charge is 0.467 e. The Kier molecular flexibility index (Phi) is 5.54. The lowest BCUT2D eigenvalue weighted by molar-refractivity contribution is -0.143. The first kappa shape index (κ1) is 15.6. The van der Waals surface area contributed by atoms with Crippen LogP contribution in [0, 0.1) is 0 Å². The zero-order chi connectivity index (χ0) is 15.8. The molecule has 5 nitrogen and oxygen atoms in total. The highest BCUT2D eigenvalue weighted by Gasteiger charge is 2.23. The van der Waals surface area contributed by atoms with Crippen molar-refractivity contribution in [2.75, 3.05) is 7.11 Å². The monoisotopic (exact) mass is 299 g/mol. The van der Waals surface area contributed by atoms with Gasteiger partial charge in [-0.05, 0) is 11.1 Å². The summed E-state index contributed by atoms with van der Waals surface area (Å²) in [6.07, 6.45) is -0.678. The van der Waals surface area contributed by atoms with Gasteiger partial charge < -0.3 is 14.8 Å². The van der Waals surface area contributed by atoms with Crippen LogP contribution in [0.5, 0.6) is 0 Å². The lowest BCUT2D eigenvalue weighted by atomic mass is 10.1. The van der Waals surface area contributed by atoms with Gasteiger partial charge in [-0.25, -0.2) is 9.59 Å². The second-order valence-electron chi connectivity index (χ2n) is 4.57. The number of carbonyl (C=O) groups excluding carboxylic acids is 2. The second kappa shape index (κ2) is 7.83. The zero-order valence-electron chi connectivity index (χ0n) is 12.2. The van der Waals surface area contributed by atoms with Crippen LogP contribution in [0.2, 0.25) is 0 Å². The van der Waals surface area contributed by atoms with Crippen LogP contribution in [0.4, 0.5) is 4.79 Å². The van der Waals surface area contributed by atoms with Crippen LogP contribution in [0.3, 0.4) is 0 Å². The number of benzene rings is 2. The molecule has 1 amide bonds. The summed E-state index contributed by atoms with van der Waals surface area (Å²) < 4.78 is 9.84. The zero-order valence-corrected chi connectivity index (χ0v) is 12.2. The highest BCUT2D eigenvalue weighted by Crippen LogP contribution is 2.14. The molecule has 0 aliphatic heterocycles. The van der Waals surface area contributed by atoms with Gasteiger partial charge in [-0.2, -0.15) is 0 Å². The molecule has 0 radical (unpaired) electrons. The molecule has 0 fully saturated rings. The summed E-state index contributed by atoms with van der Waals surface area (Å²) >= 11 is 0. The number of alkyl carbamates (subject to hydrolysis) is 1. The van der Waals surface area contributed by atoms with E-state index in [2.05, 4.69) is 5.32 Å². The molecule has 2 rings (SSSR count). The van der Waals surface area contributed by atoms with Crippen molar-refractivity contribution in [3.8, 4) is 0 Å². The van der Waals surface area contributed by atoms with Gasteiger partial charge in [0.25, 0.3) is 0 Å². The Labute approximate surface area is 128 Å². The number of methoxy groups -OCH3 is 1. The maximum absolute atomic E-state index is 11.9. The molecular weight excluding hydrogens is 282 g/mol. The van der Waals surface area contributed by atoms with Crippen molar-refractivity contribution in [3.05, 3.63) is 71.8 Å². The van der Waals surface area contributed by atoms with E-state index in [1.54, 1.807) is 24.3 Å². The fourth-order valence-electron chi connectivity index (χ4n) is 1.92. The van der Waals surface area contributed by atoms with E-state index < -0.39 is 18.1 Å². The summed E-state index contributed by atoms with van der Waals surface area (Å²) in [5, 5.41) is 2.52. The highest BCUT2D eigenvalue weighted by atomic mass is 16.6.